The lowest BCUT2D eigenvalue weighted by Crippen LogP contribution is -2.31. The Bertz CT molecular complexity index is 752. The first kappa shape index (κ1) is 19.0. The van der Waals surface area contributed by atoms with E-state index in [9.17, 15) is 9.32 Å². The van der Waals surface area contributed by atoms with Crippen LogP contribution in [0.15, 0.2) is 24.3 Å². The van der Waals surface area contributed by atoms with E-state index >= 15 is 0 Å². The number of halogens is 1. The third kappa shape index (κ3) is 4.03. The third-order valence-corrected chi connectivity index (χ3v) is 4.10. The summed E-state index contributed by atoms with van der Waals surface area (Å²) in [6.45, 7) is 12.1. The molecule has 5 heteroatoms. The summed E-state index contributed by atoms with van der Waals surface area (Å²) in [5.74, 6) is 0.213. The Hall–Kier alpha value is -2.30. The quantitative estimate of drug-likeness (QED) is 0.711. The molecular weight excluding hydrogens is 323 g/mol. The minimum absolute atomic E-state index is 0.100. The van der Waals surface area contributed by atoms with E-state index in [1.165, 1.54) is 0 Å². The molecule has 0 amide bonds. The minimum Gasteiger partial charge on any atom is -0.496 e. The van der Waals surface area contributed by atoms with Gasteiger partial charge >= 0.3 is 5.97 Å². The standard InChI is InChI=1S/C20H25FO4/c1-12(8-18(22)25-21)13-9-14-15(19(2,3)4)11-20(5,6)24-17(14)10-16(13)23-7/h8-11H,1-7H3/b12-8+. The molecule has 1 aromatic rings. The van der Waals surface area contributed by atoms with Gasteiger partial charge in [-0.05, 0) is 49.5 Å². The Kier molecular flexibility index (Phi) is 4.98. The van der Waals surface area contributed by atoms with Gasteiger partial charge in [0.2, 0.25) is 0 Å². The normalized spacial score (nSPS) is 16.5. The van der Waals surface area contributed by atoms with Gasteiger partial charge in [0.25, 0.3) is 0 Å². The van der Waals surface area contributed by atoms with E-state index in [4.69, 9.17) is 9.47 Å². The Morgan fingerprint density at radius 1 is 1.28 bits per heavy atom. The molecular formula is C20H25FO4. The Labute approximate surface area is 148 Å². The highest BCUT2D eigenvalue weighted by Gasteiger charge is 2.33. The van der Waals surface area contributed by atoms with Gasteiger partial charge in [0, 0.05) is 27.8 Å². The summed E-state index contributed by atoms with van der Waals surface area (Å²) in [5, 5.41) is 0. The van der Waals surface area contributed by atoms with Crippen molar-refractivity contribution in [1.82, 2.24) is 0 Å². The van der Waals surface area contributed by atoms with Crippen LogP contribution in [0.2, 0.25) is 0 Å². The van der Waals surface area contributed by atoms with Crippen LogP contribution in [0.4, 0.5) is 4.53 Å². The smallest absolute Gasteiger partial charge is 0.372 e. The maximum Gasteiger partial charge on any atom is 0.372 e. The molecule has 136 valence electrons. The van der Waals surface area contributed by atoms with Gasteiger partial charge in [-0.2, -0.15) is 0 Å². The molecule has 0 spiro atoms. The molecule has 0 unspecified atom stereocenters. The Morgan fingerprint density at radius 3 is 2.44 bits per heavy atom. The monoisotopic (exact) mass is 348 g/mol. The maximum atomic E-state index is 12.1. The van der Waals surface area contributed by atoms with Crippen molar-refractivity contribution in [2.24, 2.45) is 5.41 Å². The molecule has 1 aliphatic heterocycles. The number of methoxy groups -OCH3 is 1. The first-order chi connectivity index (χ1) is 11.5. The number of carbonyl (C=O) groups is 1. The second kappa shape index (κ2) is 6.54. The highest BCUT2D eigenvalue weighted by Crippen LogP contribution is 2.47. The average molecular weight is 348 g/mol. The molecule has 0 radical (unpaired) electrons. The molecule has 0 aromatic heterocycles. The molecule has 1 aliphatic rings. The number of hydrogen-bond acceptors (Lipinski definition) is 4. The predicted octanol–water partition coefficient (Wildman–Crippen LogP) is 5.13. The second-order valence-corrected chi connectivity index (χ2v) is 7.79. The van der Waals surface area contributed by atoms with Crippen molar-refractivity contribution in [2.45, 2.75) is 47.1 Å². The number of ether oxygens (including phenoxy) is 2. The van der Waals surface area contributed by atoms with Crippen LogP contribution < -0.4 is 9.47 Å². The first-order valence-corrected chi connectivity index (χ1v) is 8.14. The fraction of sp³-hybridized carbons (Fsp3) is 0.450. The fourth-order valence-electron chi connectivity index (χ4n) is 2.97. The molecule has 0 N–H and O–H groups in total. The van der Waals surface area contributed by atoms with Crippen LogP contribution in [0.3, 0.4) is 0 Å². The summed E-state index contributed by atoms with van der Waals surface area (Å²) in [4.78, 5) is 14.5. The van der Waals surface area contributed by atoms with Crippen LogP contribution in [0.5, 0.6) is 11.5 Å². The van der Waals surface area contributed by atoms with Crippen molar-refractivity contribution in [1.29, 1.82) is 0 Å². The largest absolute Gasteiger partial charge is 0.496 e. The van der Waals surface area contributed by atoms with Crippen LogP contribution in [-0.2, 0) is 9.74 Å². The number of allylic oxidation sites excluding steroid dienone is 2. The van der Waals surface area contributed by atoms with Gasteiger partial charge in [-0.3, -0.25) is 4.94 Å². The number of rotatable bonds is 3. The molecule has 1 heterocycles. The molecule has 1 aromatic carbocycles. The molecule has 4 nitrogen and oxygen atoms in total. The Morgan fingerprint density at radius 2 is 1.92 bits per heavy atom. The van der Waals surface area contributed by atoms with Gasteiger partial charge in [-0.25, -0.2) is 4.79 Å². The van der Waals surface area contributed by atoms with Crippen LogP contribution >= 0.6 is 0 Å². The van der Waals surface area contributed by atoms with Gasteiger partial charge in [0.05, 0.1) is 7.11 Å². The van der Waals surface area contributed by atoms with Crippen LogP contribution in [-0.4, -0.2) is 18.7 Å². The van der Waals surface area contributed by atoms with Gasteiger partial charge in [-0.15, -0.1) is 0 Å². The van der Waals surface area contributed by atoms with Crippen LogP contribution in [0.25, 0.3) is 11.1 Å². The highest BCUT2D eigenvalue weighted by atomic mass is 19.3. The van der Waals surface area contributed by atoms with Gasteiger partial charge in [0.1, 0.15) is 17.1 Å². The molecule has 0 fully saturated rings. The molecule has 0 saturated heterocycles. The summed E-state index contributed by atoms with van der Waals surface area (Å²) < 4.78 is 23.6. The zero-order valence-corrected chi connectivity index (χ0v) is 15.8. The molecule has 0 saturated carbocycles. The van der Waals surface area contributed by atoms with Crippen LogP contribution in [0, 0.1) is 5.41 Å². The molecule has 0 aliphatic carbocycles. The first-order valence-electron chi connectivity index (χ1n) is 8.14. The number of fused-ring (bicyclic) bond motifs is 1. The van der Waals surface area contributed by atoms with E-state index in [0.717, 1.165) is 23.0 Å². The number of carbonyl (C=O) groups excluding carboxylic acids is 1. The Balaban J connectivity index is 2.69. The van der Waals surface area contributed by atoms with Gasteiger partial charge in [-0.1, -0.05) is 20.8 Å². The van der Waals surface area contributed by atoms with E-state index in [-0.39, 0.29) is 5.41 Å². The SMILES string of the molecule is COc1cc2c(cc1/C(C)=C/C(=O)OF)C(C(C)(C)C)=CC(C)(C)O2. The summed E-state index contributed by atoms with van der Waals surface area (Å²) >= 11 is 0. The lowest BCUT2D eigenvalue weighted by atomic mass is 9.77. The zero-order chi connectivity index (χ0) is 19.0. The average Bonchev–Trinajstić information content (AvgIpc) is 2.50. The molecule has 0 bridgehead atoms. The summed E-state index contributed by atoms with van der Waals surface area (Å²) in [7, 11) is 1.54. The third-order valence-electron chi connectivity index (χ3n) is 4.10. The van der Waals surface area contributed by atoms with Crippen molar-refractivity contribution in [3.05, 3.63) is 35.4 Å². The minimum atomic E-state index is -1.05. The summed E-state index contributed by atoms with van der Waals surface area (Å²) in [5.41, 5.74) is 2.76. The lowest BCUT2D eigenvalue weighted by Gasteiger charge is -2.36. The predicted molar refractivity (Wildman–Crippen MR) is 96.0 cm³/mol. The maximum absolute atomic E-state index is 12.1. The van der Waals surface area contributed by atoms with Crippen molar-refractivity contribution in [2.75, 3.05) is 7.11 Å². The zero-order valence-electron chi connectivity index (χ0n) is 15.8. The lowest BCUT2D eigenvalue weighted by molar-refractivity contribution is -0.176. The van der Waals surface area contributed by atoms with Crippen LogP contribution in [0.1, 0.15) is 52.7 Å². The summed E-state index contributed by atoms with van der Waals surface area (Å²) in [6.07, 6.45) is 3.21. The molecule has 25 heavy (non-hydrogen) atoms. The number of benzene rings is 1. The van der Waals surface area contributed by atoms with Crippen molar-refractivity contribution in [3.63, 3.8) is 0 Å². The second-order valence-electron chi connectivity index (χ2n) is 7.79. The molecule has 2 rings (SSSR count). The van der Waals surface area contributed by atoms with Gasteiger partial charge in [0.15, 0.2) is 0 Å². The van der Waals surface area contributed by atoms with E-state index in [1.807, 2.05) is 26.0 Å². The highest BCUT2D eigenvalue weighted by molar-refractivity contribution is 5.92. The van der Waals surface area contributed by atoms with E-state index in [2.05, 4.69) is 31.8 Å². The fourth-order valence-corrected chi connectivity index (χ4v) is 2.97. The topological polar surface area (TPSA) is 44.8 Å². The summed E-state index contributed by atoms with van der Waals surface area (Å²) in [6, 6.07) is 3.72. The van der Waals surface area contributed by atoms with Crippen molar-refractivity contribution < 1.29 is 23.7 Å². The van der Waals surface area contributed by atoms with E-state index in [1.54, 1.807) is 14.0 Å². The van der Waals surface area contributed by atoms with Gasteiger partial charge < -0.3 is 9.47 Å². The van der Waals surface area contributed by atoms with E-state index < -0.39 is 11.6 Å². The van der Waals surface area contributed by atoms with E-state index in [0.29, 0.717) is 16.9 Å². The molecule has 0 atom stereocenters. The van der Waals surface area contributed by atoms with Crippen molar-refractivity contribution in [3.8, 4) is 11.5 Å². The number of hydrogen-bond donors (Lipinski definition) is 0. The van der Waals surface area contributed by atoms with Crippen molar-refractivity contribution >= 4 is 17.1 Å².